The summed E-state index contributed by atoms with van der Waals surface area (Å²) < 4.78 is 5.04. The lowest BCUT2D eigenvalue weighted by atomic mass is 10.2. The van der Waals surface area contributed by atoms with E-state index < -0.39 is 0 Å². The summed E-state index contributed by atoms with van der Waals surface area (Å²) >= 11 is 1.48. The van der Waals surface area contributed by atoms with Gasteiger partial charge in [0.1, 0.15) is 0 Å². The largest absolute Gasteiger partial charge is 0.462 e. The van der Waals surface area contributed by atoms with Crippen LogP contribution in [0.1, 0.15) is 17.3 Å². The number of nitrogens with two attached hydrogens (primary N) is 1. The van der Waals surface area contributed by atoms with Gasteiger partial charge in [0, 0.05) is 27.9 Å². The maximum atomic E-state index is 11.9. The zero-order chi connectivity index (χ0) is 13.7. The maximum absolute atomic E-state index is 11.9. The van der Waals surface area contributed by atoms with Crippen molar-refractivity contribution in [1.29, 1.82) is 0 Å². The van der Waals surface area contributed by atoms with Crippen LogP contribution in [0.3, 0.4) is 0 Å². The second-order valence-electron chi connectivity index (χ2n) is 3.76. The summed E-state index contributed by atoms with van der Waals surface area (Å²) in [4.78, 5) is 17.7. The summed E-state index contributed by atoms with van der Waals surface area (Å²) in [5.41, 5.74) is 6.76. The van der Waals surface area contributed by atoms with Crippen molar-refractivity contribution in [2.45, 2.75) is 16.7 Å². The lowest BCUT2D eigenvalue weighted by Gasteiger charge is -2.09. The number of carbonyl (C=O) groups excluding carboxylic acids is 1. The van der Waals surface area contributed by atoms with E-state index in [0.717, 1.165) is 9.79 Å². The van der Waals surface area contributed by atoms with Crippen LogP contribution in [0, 0.1) is 0 Å². The molecule has 2 aromatic rings. The van der Waals surface area contributed by atoms with Gasteiger partial charge in [-0.15, -0.1) is 0 Å². The highest BCUT2D eigenvalue weighted by Crippen LogP contribution is 2.31. The van der Waals surface area contributed by atoms with E-state index in [4.69, 9.17) is 10.5 Å². The van der Waals surface area contributed by atoms with E-state index in [-0.39, 0.29) is 5.97 Å². The Kier molecular flexibility index (Phi) is 4.41. The second kappa shape index (κ2) is 6.24. The molecule has 0 saturated heterocycles. The predicted octanol–water partition coefficient (Wildman–Crippen LogP) is 2.99. The molecule has 0 fully saturated rings. The van der Waals surface area contributed by atoms with Gasteiger partial charge in [-0.25, -0.2) is 4.79 Å². The first-order chi connectivity index (χ1) is 9.20. The van der Waals surface area contributed by atoms with Crippen LogP contribution < -0.4 is 5.73 Å². The minimum atomic E-state index is -0.355. The zero-order valence-corrected chi connectivity index (χ0v) is 11.3. The van der Waals surface area contributed by atoms with Crippen LogP contribution >= 0.6 is 11.8 Å². The van der Waals surface area contributed by atoms with Crippen molar-refractivity contribution < 1.29 is 9.53 Å². The molecule has 0 spiro atoms. The van der Waals surface area contributed by atoms with Crippen molar-refractivity contribution in [2.24, 2.45) is 0 Å². The summed E-state index contributed by atoms with van der Waals surface area (Å²) in [6.45, 7) is 2.12. The van der Waals surface area contributed by atoms with E-state index in [1.165, 1.54) is 11.8 Å². The fourth-order valence-electron chi connectivity index (χ4n) is 1.54. The molecule has 1 heterocycles. The van der Waals surface area contributed by atoms with Gasteiger partial charge in [-0.05, 0) is 37.3 Å². The Morgan fingerprint density at radius 1 is 1.32 bits per heavy atom. The Balaban J connectivity index is 2.32. The van der Waals surface area contributed by atoms with Gasteiger partial charge in [0.15, 0.2) is 0 Å². The SMILES string of the molecule is CCOC(=O)c1cc(N)ccc1Sc1ccncc1. The van der Waals surface area contributed by atoms with Crippen LogP contribution in [-0.2, 0) is 4.74 Å². The first-order valence-electron chi connectivity index (χ1n) is 5.85. The van der Waals surface area contributed by atoms with Crippen molar-refractivity contribution >= 4 is 23.4 Å². The summed E-state index contributed by atoms with van der Waals surface area (Å²) in [6.07, 6.45) is 3.42. The number of esters is 1. The minimum Gasteiger partial charge on any atom is -0.462 e. The Bertz CT molecular complexity index is 573. The number of aromatic nitrogens is 1. The van der Waals surface area contributed by atoms with Crippen LogP contribution in [0.25, 0.3) is 0 Å². The molecule has 0 atom stereocenters. The van der Waals surface area contributed by atoms with Gasteiger partial charge in [-0.1, -0.05) is 11.8 Å². The number of carbonyl (C=O) groups is 1. The number of benzene rings is 1. The van der Waals surface area contributed by atoms with E-state index in [9.17, 15) is 4.79 Å². The van der Waals surface area contributed by atoms with Crippen molar-refractivity contribution in [3.05, 3.63) is 48.3 Å². The standard InChI is InChI=1S/C14H14N2O2S/c1-2-18-14(17)12-9-10(15)3-4-13(12)19-11-5-7-16-8-6-11/h3-9H,2,15H2,1H3. The average molecular weight is 274 g/mol. The molecule has 1 aromatic heterocycles. The van der Waals surface area contributed by atoms with Crippen LogP contribution in [0.4, 0.5) is 5.69 Å². The number of rotatable bonds is 4. The molecule has 98 valence electrons. The van der Waals surface area contributed by atoms with E-state index in [0.29, 0.717) is 17.9 Å². The van der Waals surface area contributed by atoms with E-state index in [1.54, 1.807) is 31.5 Å². The molecular formula is C14H14N2O2S. The van der Waals surface area contributed by atoms with Crippen molar-refractivity contribution in [1.82, 2.24) is 4.98 Å². The molecule has 0 amide bonds. The molecule has 0 unspecified atom stereocenters. The molecule has 0 aliphatic rings. The molecule has 2 rings (SSSR count). The summed E-state index contributed by atoms with van der Waals surface area (Å²) in [5, 5.41) is 0. The Hall–Kier alpha value is -2.01. The summed E-state index contributed by atoms with van der Waals surface area (Å²) in [6, 6.07) is 9.01. The molecule has 0 saturated carbocycles. The number of pyridine rings is 1. The van der Waals surface area contributed by atoms with Crippen molar-refractivity contribution in [2.75, 3.05) is 12.3 Å². The Morgan fingerprint density at radius 3 is 2.74 bits per heavy atom. The van der Waals surface area contributed by atoms with Gasteiger partial charge in [-0.2, -0.15) is 0 Å². The highest BCUT2D eigenvalue weighted by molar-refractivity contribution is 7.99. The lowest BCUT2D eigenvalue weighted by molar-refractivity contribution is 0.0522. The minimum absolute atomic E-state index is 0.340. The lowest BCUT2D eigenvalue weighted by Crippen LogP contribution is -2.06. The quantitative estimate of drug-likeness (QED) is 0.686. The Labute approximate surface area is 116 Å². The fourth-order valence-corrected chi connectivity index (χ4v) is 2.44. The molecule has 4 nitrogen and oxygen atoms in total. The van der Waals surface area contributed by atoms with Gasteiger partial charge in [-0.3, -0.25) is 4.98 Å². The first kappa shape index (κ1) is 13.4. The van der Waals surface area contributed by atoms with Crippen LogP contribution in [0.15, 0.2) is 52.5 Å². The van der Waals surface area contributed by atoms with Crippen LogP contribution in [0.5, 0.6) is 0 Å². The van der Waals surface area contributed by atoms with Gasteiger partial charge < -0.3 is 10.5 Å². The third-order valence-electron chi connectivity index (χ3n) is 2.38. The average Bonchev–Trinajstić information content (AvgIpc) is 2.42. The number of hydrogen-bond acceptors (Lipinski definition) is 5. The topological polar surface area (TPSA) is 65.2 Å². The first-order valence-corrected chi connectivity index (χ1v) is 6.67. The molecule has 1 aromatic carbocycles. The molecule has 0 bridgehead atoms. The van der Waals surface area contributed by atoms with Gasteiger partial charge in [0.25, 0.3) is 0 Å². The highest BCUT2D eigenvalue weighted by Gasteiger charge is 2.14. The number of nitrogens with zero attached hydrogens (tertiary/aromatic N) is 1. The molecule has 0 radical (unpaired) electrons. The number of ether oxygens (including phenoxy) is 1. The van der Waals surface area contributed by atoms with Crippen molar-refractivity contribution in [3.8, 4) is 0 Å². The molecule has 19 heavy (non-hydrogen) atoms. The van der Waals surface area contributed by atoms with E-state index >= 15 is 0 Å². The third-order valence-corrected chi connectivity index (χ3v) is 3.46. The Morgan fingerprint density at radius 2 is 2.05 bits per heavy atom. The molecule has 0 aliphatic carbocycles. The summed E-state index contributed by atoms with van der Waals surface area (Å²) in [5.74, 6) is -0.355. The predicted molar refractivity (Wildman–Crippen MR) is 75.2 cm³/mol. The number of anilines is 1. The highest BCUT2D eigenvalue weighted by atomic mass is 32.2. The molecular weight excluding hydrogens is 260 g/mol. The van der Waals surface area contributed by atoms with Crippen molar-refractivity contribution in [3.63, 3.8) is 0 Å². The van der Waals surface area contributed by atoms with E-state index in [2.05, 4.69) is 4.98 Å². The number of hydrogen-bond donors (Lipinski definition) is 1. The monoisotopic (exact) mass is 274 g/mol. The number of nitrogen functional groups attached to an aromatic ring is 1. The zero-order valence-electron chi connectivity index (χ0n) is 10.5. The van der Waals surface area contributed by atoms with Gasteiger partial charge in [0.05, 0.1) is 12.2 Å². The van der Waals surface area contributed by atoms with E-state index in [1.807, 2.05) is 18.2 Å². The fraction of sp³-hybridized carbons (Fsp3) is 0.143. The maximum Gasteiger partial charge on any atom is 0.339 e. The van der Waals surface area contributed by atoms with Gasteiger partial charge in [0.2, 0.25) is 0 Å². The normalized spacial score (nSPS) is 10.2. The molecule has 5 heteroatoms. The van der Waals surface area contributed by atoms with Crippen LogP contribution in [-0.4, -0.2) is 17.6 Å². The van der Waals surface area contributed by atoms with Crippen LogP contribution in [0.2, 0.25) is 0 Å². The summed E-state index contributed by atoms with van der Waals surface area (Å²) in [7, 11) is 0. The second-order valence-corrected chi connectivity index (χ2v) is 4.88. The smallest absolute Gasteiger partial charge is 0.339 e. The third kappa shape index (κ3) is 3.48. The molecule has 0 aliphatic heterocycles. The molecule has 2 N–H and O–H groups in total. The van der Waals surface area contributed by atoms with Gasteiger partial charge >= 0.3 is 5.97 Å².